The van der Waals surface area contributed by atoms with Crippen molar-refractivity contribution in [1.82, 2.24) is 15.2 Å². The molecule has 1 aromatic heterocycles. The zero-order valence-corrected chi connectivity index (χ0v) is 20.3. The van der Waals surface area contributed by atoms with Gasteiger partial charge in [0, 0.05) is 37.3 Å². The first-order chi connectivity index (χ1) is 17.5. The van der Waals surface area contributed by atoms with Crippen molar-refractivity contribution >= 4 is 11.8 Å². The van der Waals surface area contributed by atoms with Crippen LogP contribution in [0.25, 0.3) is 0 Å². The molecular formula is C29H30FN3O3. The number of aromatic nitrogens is 1. The van der Waals surface area contributed by atoms with E-state index in [1.165, 1.54) is 12.1 Å². The van der Waals surface area contributed by atoms with E-state index in [1.807, 2.05) is 41.3 Å². The van der Waals surface area contributed by atoms with Crippen LogP contribution in [-0.4, -0.2) is 40.9 Å². The Balaban J connectivity index is 1.32. The van der Waals surface area contributed by atoms with Gasteiger partial charge in [0.05, 0.1) is 6.04 Å². The quantitative estimate of drug-likeness (QED) is 0.516. The highest BCUT2D eigenvalue weighted by Gasteiger charge is 2.39. The number of rotatable bonds is 8. The number of ether oxygens (including phenoxy) is 1. The average molecular weight is 488 g/mol. The average Bonchev–Trinajstić information content (AvgIpc) is 3.74. The smallest absolute Gasteiger partial charge is 0.260 e. The van der Waals surface area contributed by atoms with Gasteiger partial charge in [-0.3, -0.25) is 14.6 Å². The molecule has 1 aliphatic carbocycles. The van der Waals surface area contributed by atoms with Crippen LogP contribution in [-0.2, 0) is 22.4 Å². The number of hydrogen-bond donors (Lipinski definition) is 1. The Morgan fingerprint density at radius 2 is 1.94 bits per heavy atom. The summed E-state index contributed by atoms with van der Waals surface area (Å²) in [4.78, 5) is 32.0. The SMILES string of the molecule is CC(Oc1ccc2c(c1)C(c1ccc(F)cc1)N(C(=O)C1CC1)CC2)C(=O)NCCc1ccccn1. The number of benzene rings is 2. The Morgan fingerprint density at radius 3 is 2.67 bits per heavy atom. The van der Waals surface area contributed by atoms with E-state index in [2.05, 4.69) is 10.3 Å². The van der Waals surface area contributed by atoms with E-state index in [0.717, 1.165) is 41.6 Å². The minimum Gasteiger partial charge on any atom is -0.481 e. The number of amides is 2. The molecule has 186 valence electrons. The first-order valence-electron chi connectivity index (χ1n) is 12.5. The van der Waals surface area contributed by atoms with E-state index in [9.17, 15) is 14.0 Å². The monoisotopic (exact) mass is 487 g/mol. The first kappa shape index (κ1) is 24.0. The van der Waals surface area contributed by atoms with Gasteiger partial charge in [0.1, 0.15) is 11.6 Å². The van der Waals surface area contributed by atoms with Gasteiger partial charge in [-0.15, -0.1) is 0 Å². The summed E-state index contributed by atoms with van der Waals surface area (Å²) >= 11 is 0. The second kappa shape index (κ2) is 10.5. The van der Waals surface area contributed by atoms with Crippen LogP contribution in [0.1, 0.15) is 48.2 Å². The van der Waals surface area contributed by atoms with Gasteiger partial charge in [-0.25, -0.2) is 4.39 Å². The van der Waals surface area contributed by atoms with Gasteiger partial charge in [0.2, 0.25) is 5.91 Å². The Labute approximate surface area is 210 Å². The molecule has 36 heavy (non-hydrogen) atoms. The molecule has 6 nitrogen and oxygen atoms in total. The molecule has 0 spiro atoms. The predicted octanol–water partition coefficient (Wildman–Crippen LogP) is 4.23. The molecule has 1 N–H and O–H groups in total. The maximum absolute atomic E-state index is 13.7. The minimum absolute atomic E-state index is 0.0868. The number of halogens is 1. The zero-order valence-electron chi connectivity index (χ0n) is 20.3. The number of carbonyl (C=O) groups excluding carboxylic acids is 2. The molecular weight excluding hydrogens is 457 g/mol. The molecule has 1 aliphatic heterocycles. The van der Waals surface area contributed by atoms with Gasteiger partial charge < -0.3 is 15.0 Å². The van der Waals surface area contributed by atoms with Crippen molar-refractivity contribution in [2.24, 2.45) is 5.92 Å². The summed E-state index contributed by atoms with van der Waals surface area (Å²) < 4.78 is 19.7. The topological polar surface area (TPSA) is 71.5 Å². The van der Waals surface area contributed by atoms with Crippen molar-refractivity contribution < 1.29 is 18.7 Å². The molecule has 1 fully saturated rings. The summed E-state index contributed by atoms with van der Waals surface area (Å²) in [5, 5.41) is 2.90. The van der Waals surface area contributed by atoms with Crippen molar-refractivity contribution in [3.63, 3.8) is 0 Å². The summed E-state index contributed by atoms with van der Waals surface area (Å²) in [7, 11) is 0. The van der Waals surface area contributed by atoms with Crippen LogP contribution in [0.2, 0.25) is 0 Å². The predicted molar refractivity (Wildman–Crippen MR) is 134 cm³/mol. The van der Waals surface area contributed by atoms with E-state index < -0.39 is 6.10 Å². The van der Waals surface area contributed by atoms with Crippen LogP contribution >= 0.6 is 0 Å². The molecule has 2 atom stereocenters. The second-order valence-corrected chi connectivity index (χ2v) is 9.49. The lowest BCUT2D eigenvalue weighted by molar-refractivity contribution is -0.134. The van der Waals surface area contributed by atoms with Gasteiger partial charge in [0.25, 0.3) is 5.91 Å². The molecule has 7 heteroatoms. The maximum atomic E-state index is 13.7. The van der Waals surface area contributed by atoms with E-state index >= 15 is 0 Å². The first-order valence-corrected chi connectivity index (χ1v) is 12.5. The second-order valence-electron chi connectivity index (χ2n) is 9.49. The summed E-state index contributed by atoms with van der Waals surface area (Å²) in [5.41, 5.74) is 3.87. The molecule has 2 unspecified atom stereocenters. The van der Waals surface area contributed by atoms with Crippen molar-refractivity contribution in [2.75, 3.05) is 13.1 Å². The van der Waals surface area contributed by atoms with E-state index in [1.54, 1.807) is 25.3 Å². The number of hydrogen-bond acceptors (Lipinski definition) is 4. The normalized spacial score (nSPS) is 17.7. The summed E-state index contributed by atoms with van der Waals surface area (Å²) in [6, 6.07) is 17.5. The van der Waals surface area contributed by atoms with Crippen LogP contribution < -0.4 is 10.1 Å². The Kier molecular flexibility index (Phi) is 6.98. The molecule has 2 heterocycles. The van der Waals surface area contributed by atoms with Crippen LogP contribution in [0.15, 0.2) is 66.9 Å². The Hall–Kier alpha value is -3.74. The van der Waals surface area contributed by atoms with E-state index in [4.69, 9.17) is 4.74 Å². The molecule has 1 saturated carbocycles. The van der Waals surface area contributed by atoms with Crippen LogP contribution in [0.3, 0.4) is 0 Å². The summed E-state index contributed by atoms with van der Waals surface area (Å²) in [6.45, 7) is 2.81. The number of fused-ring (bicyclic) bond motifs is 1. The fourth-order valence-corrected chi connectivity index (χ4v) is 4.73. The lowest BCUT2D eigenvalue weighted by Gasteiger charge is -2.38. The standard InChI is InChI=1S/C29H30FN3O3/c1-19(28(34)32-16-13-24-4-2-3-15-31-24)36-25-12-9-20-14-17-33(29(35)22-5-6-22)27(26(20)18-25)21-7-10-23(30)11-8-21/h2-4,7-12,15,18-19,22,27H,5-6,13-14,16-17H2,1H3,(H,32,34). The maximum Gasteiger partial charge on any atom is 0.260 e. The molecule has 0 bridgehead atoms. The highest BCUT2D eigenvalue weighted by atomic mass is 19.1. The Morgan fingerprint density at radius 1 is 1.14 bits per heavy atom. The zero-order chi connectivity index (χ0) is 25.1. The molecule has 2 amide bonds. The molecule has 2 aliphatic rings. The van der Waals surface area contributed by atoms with Crippen LogP contribution in [0, 0.1) is 11.7 Å². The van der Waals surface area contributed by atoms with Gasteiger partial charge in [-0.05, 0) is 79.3 Å². The highest BCUT2D eigenvalue weighted by Crippen LogP contribution is 2.41. The number of carbonyl (C=O) groups is 2. The van der Waals surface area contributed by atoms with Crippen LogP contribution in [0.4, 0.5) is 4.39 Å². The van der Waals surface area contributed by atoms with E-state index in [-0.39, 0.29) is 29.6 Å². The van der Waals surface area contributed by atoms with Crippen molar-refractivity contribution in [2.45, 2.75) is 44.8 Å². The molecule has 3 aromatic rings. The third-order valence-corrected chi connectivity index (χ3v) is 6.83. The van der Waals surface area contributed by atoms with Gasteiger partial charge in [0.15, 0.2) is 6.10 Å². The molecule has 5 rings (SSSR count). The summed E-state index contributed by atoms with van der Waals surface area (Å²) in [5.74, 6) is 0.290. The fourth-order valence-electron chi connectivity index (χ4n) is 4.73. The van der Waals surface area contributed by atoms with Crippen molar-refractivity contribution in [3.05, 3.63) is 95.1 Å². The highest BCUT2D eigenvalue weighted by molar-refractivity contribution is 5.82. The van der Waals surface area contributed by atoms with Gasteiger partial charge >= 0.3 is 0 Å². The third kappa shape index (κ3) is 5.40. The minimum atomic E-state index is -0.691. The van der Waals surface area contributed by atoms with E-state index in [0.29, 0.717) is 25.3 Å². The molecule has 0 radical (unpaired) electrons. The fraction of sp³-hybridized carbons (Fsp3) is 0.345. The van der Waals surface area contributed by atoms with Crippen molar-refractivity contribution in [1.29, 1.82) is 0 Å². The third-order valence-electron chi connectivity index (χ3n) is 6.83. The lowest BCUT2D eigenvalue weighted by atomic mass is 9.87. The van der Waals surface area contributed by atoms with Gasteiger partial charge in [-0.2, -0.15) is 0 Å². The number of nitrogens with one attached hydrogen (secondary N) is 1. The van der Waals surface area contributed by atoms with Crippen LogP contribution in [0.5, 0.6) is 5.75 Å². The molecule has 0 saturated heterocycles. The van der Waals surface area contributed by atoms with Gasteiger partial charge in [-0.1, -0.05) is 24.3 Å². The lowest BCUT2D eigenvalue weighted by Crippen LogP contribution is -2.41. The largest absolute Gasteiger partial charge is 0.481 e. The number of pyridine rings is 1. The number of nitrogens with zero attached hydrogens (tertiary/aromatic N) is 2. The van der Waals surface area contributed by atoms with Crippen molar-refractivity contribution in [3.8, 4) is 5.75 Å². The summed E-state index contributed by atoms with van der Waals surface area (Å²) in [6.07, 6.45) is 4.28. The Bertz CT molecular complexity index is 1230. The molecule has 2 aromatic carbocycles.